The average molecular weight is 412 g/mol. The van der Waals surface area contributed by atoms with Gasteiger partial charge in [-0.3, -0.25) is 4.79 Å². The maximum absolute atomic E-state index is 13.4. The van der Waals surface area contributed by atoms with E-state index >= 15 is 0 Å². The normalized spacial score (nSPS) is 21.2. The van der Waals surface area contributed by atoms with Crippen LogP contribution >= 0.6 is 11.3 Å². The van der Waals surface area contributed by atoms with Gasteiger partial charge in [0.1, 0.15) is 5.01 Å². The Hall–Kier alpha value is -1.82. The molecule has 1 aliphatic rings. The third-order valence-corrected chi connectivity index (χ3v) is 5.09. The van der Waals surface area contributed by atoms with E-state index in [0.29, 0.717) is 5.01 Å². The zero-order chi connectivity index (χ0) is 20.0. The van der Waals surface area contributed by atoms with E-state index in [4.69, 9.17) is 4.74 Å². The average Bonchev–Trinajstić information content (AvgIpc) is 3.12. The smallest absolute Gasteiger partial charge is 0.377 e. The van der Waals surface area contributed by atoms with Crippen molar-refractivity contribution in [2.75, 3.05) is 7.11 Å². The molecule has 12 heteroatoms. The number of rotatable bonds is 6. The summed E-state index contributed by atoms with van der Waals surface area (Å²) in [5.74, 6) is -4.37. The van der Waals surface area contributed by atoms with Crippen LogP contribution in [0.3, 0.4) is 0 Å². The molecule has 0 radical (unpaired) electrons. The number of halogens is 5. The first kappa shape index (κ1) is 19.9. The number of alkyl halides is 5. The molecular formula is C15H17F5N4O2S. The minimum Gasteiger partial charge on any atom is -0.377 e. The number of hydrogen-bond acceptors (Lipinski definition) is 5. The van der Waals surface area contributed by atoms with E-state index in [1.807, 2.05) is 0 Å². The van der Waals surface area contributed by atoms with Gasteiger partial charge in [-0.1, -0.05) is 11.3 Å². The zero-order valence-corrected chi connectivity index (χ0v) is 15.3. The molecule has 0 spiro atoms. The summed E-state index contributed by atoms with van der Waals surface area (Å²) in [6, 6.07) is -0.778. The van der Waals surface area contributed by atoms with Crippen molar-refractivity contribution < 1.29 is 31.5 Å². The van der Waals surface area contributed by atoms with E-state index in [2.05, 4.69) is 15.4 Å². The lowest BCUT2D eigenvalue weighted by Crippen LogP contribution is -2.31. The molecule has 0 bridgehead atoms. The van der Waals surface area contributed by atoms with Crippen LogP contribution in [-0.2, 0) is 28.7 Å². The van der Waals surface area contributed by atoms with E-state index in [1.54, 1.807) is 0 Å². The van der Waals surface area contributed by atoms with Crippen LogP contribution in [-0.4, -0.2) is 39.6 Å². The van der Waals surface area contributed by atoms with Crippen molar-refractivity contribution in [3.63, 3.8) is 0 Å². The standard InChI is InChI=1S/C15H17F5N4O2S/c1-14(16,17)5-8-3-7(12(25)21-8)4-9-11(15(18,19)20)22-13-24(9)23-10(27-13)6-26-2/h7-8H,3-6H2,1-2H3,(H,21,25). The van der Waals surface area contributed by atoms with Crippen molar-refractivity contribution in [3.05, 3.63) is 16.4 Å². The highest BCUT2D eigenvalue weighted by Gasteiger charge is 2.42. The number of fused-ring (bicyclic) bond motifs is 1. The summed E-state index contributed by atoms with van der Waals surface area (Å²) in [6.07, 6.45) is -5.53. The van der Waals surface area contributed by atoms with Gasteiger partial charge in [-0.05, 0) is 13.3 Å². The van der Waals surface area contributed by atoms with Gasteiger partial charge in [0.25, 0.3) is 0 Å². The van der Waals surface area contributed by atoms with Gasteiger partial charge in [0.15, 0.2) is 5.69 Å². The highest BCUT2D eigenvalue weighted by molar-refractivity contribution is 7.16. The number of imidazole rings is 1. The van der Waals surface area contributed by atoms with Crippen LogP contribution in [0.15, 0.2) is 0 Å². The van der Waals surface area contributed by atoms with Gasteiger partial charge in [-0.25, -0.2) is 18.3 Å². The molecule has 2 atom stereocenters. The lowest BCUT2D eigenvalue weighted by atomic mass is 9.96. The minimum atomic E-state index is -4.71. The molecule has 3 rings (SSSR count). The summed E-state index contributed by atoms with van der Waals surface area (Å²) in [7, 11) is 1.43. The van der Waals surface area contributed by atoms with Crippen LogP contribution in [0.25, 0.3) is 4.96 Å². The summed E-state index contributed by atoms with van der Waals surface area (Å²) < 4.78 is 72.4. The van der Waals surface area contributed by atoms with Gasteiger partial charge in [0.2, 0.25) is 16.8 Å². The highest BCUT2D eigenvalue weighted by Crippen LogP contribution is 2.36. The molecule has 6 nitrogen and oxygen atoms in total. The third kappa shape index (κ3) is 4.37. The lowest BCUT2D eigenvalue weighted by molar-refractivity contribution is -0.141. The molecule has 1 aliphatic heterocycles. The first-order chi connectivity index (χ1) is 12.5. The predicted molar refractivity (Wildman–Crippen MR) is 85.6 cm³/mol. The number of ether oxygens (including phenoxy) is 1. The van der Waals surface area contributed by atoms with Gasteiger partial charge >= 0.3 is 6.18 Å². The first-order valence-electron chi connectivity index (χ1n) is 8.09. The maximum Gasteiger partial charge on any atom is 0.435 e. The highest BCUT2D eigenvalue weighted by atomic mass is 32.1. The number of nitrogens with one attached hydrogen (secondary N) is 1. The van der Waals surface area contributed by atoms with Crippen LogP contribution in [0.2, 0.25) is 0 Å². The summed E-state index contributed by atoms with van der Waals surface area (Å²) in [5, 5.41) is 6.95. The largest absolute Gasteiger partial charge is 0.435 e. The van der Waals surface area contributed by atoms with Gasteiger partial charge in [0, 0.05) is 31.9 Å². The van der Waals surface area contributed by atoms with E-state index in [0.717, 1.165) is 22.8 Å². The topological polar surface area (TPSA) is 68.5 Å². The number of amides is 1. The molecule has 0 aromatic carbocycles. The quantitative estimate of drug-likeness (QED) is 0.741. The molecule has 1 fully saturated rings. The van der Waals surface area contributed by atoms with Crippen molar-refractivity contribution in [1.82, 2.24) is 19.9 Å². The summed E-state index contributed by atoms with van der Waals surface area (Å²) in [6.45, 7) is 0.855. The molecule has 1 N–H and O–H groups in total. The molecule has 27 heavy (non-hydrogen) atoms. The number of nitrogens with zero attached hydrogens (tertiary/aromatic N) is 3. The maximum atomic E-state index is 13.4. The number of aromatic nitrogens is 3. The number of carbonyl (C=O) groups excluding carboxylic acids is 1. The summed E-state index contributed by atoms with van der Waals surface area (Å²) >= 11 is 0.956. The molecule has 2 unspecified atom stereocenters. The SMILES string of the molecule is COCc1nn2c(CC3CC(CC(C)(F)F)NC3=O)c(C(F)(F)F)nc2s1. The second kappa shape index (κ2) is 6.97. The first-order valence-corrected chi connectivity index (χ1v) is 8.91. The molecule has 2 aromatic rings. The summed E-state index contributed by atoms with van der Waals surface area (Å²) in [4.78, 5) is 15.8. The zero-order valence-electron chi connectivity index (χ0n) is 14.4. The van der Waals surface area contributed by atoms with Crippen LogP contribution < -0.4 is 5.32 Å². The van der Waals surface area contributed by atoms with Crippen molar-refractivity contribution >= 4 is 22.2 Å². The van der Waals surface area contributed by atoms with Crippen molar-refractivity contribution in [1.29, 1.82) is 0 Å². The van der Waals surface area contributed by atoms with Crippen molar-refractivity contribution in [2.24, 2.45) is 5.92 Å². The molecule has 0 saturated carbocycles. The molecule has 150 valence electrons. The Morgan fingerprint density at radius 3 is 2.63 bits per heavy atom. The van der Waals surface area contributed by atoms with Crippen LogP contribution in [0.1, 0.15) is 36.2 Å². The number of methoxy groups -OCH3 is 1. The van der Waals surface area contributed by atoms with Gasteiger partial charge in [-0.15, -0.1) is 0 Å². The minimum absolute atomic E-state index is 0.0296. The Kier molecular flexibility index (Phi) is 5.14. The van der Waals surface area contributed by atoms with E-state index in [9.17, 15) is 26.7 Å². The van der Waals surface area contributed by atoms with Gasteiger partial charge in [-0.2, -0.15) is 18.3 Å². The van der Waals surface area contributed by atoms with E-state index < -0.39 is 42.1 Å². The Balaban J connectivity index is 1.89. The Bertz CT molecular complexity index is 842. The number of hydrogen-bond donors (Lipinski definition) is 1. The fraction of sp³-hybridized carbons (Fsp3) is 0.667. The monoisotopic (exact) mass is 412 g/mol. The Labute approximate surface area is 154 Å². The summed E-state index contributed by atoms with van der Waals surface area (Å²) in [5.41, 5.74) is -1.36. The van der Waals surface area contributed by atoms with E-state index in [-0.39, 0.29) is 30.1 Å². The van der Waals surface area contributed by atoms with Crippen LogP contribution in [0.5, 0.6) is 0 Å². The Morgan fingerprint density at radius 1 is 1.33 bits per heavy atom. The lowest BCUT2D eigenvalue weighted by Gasteiger charge is -2.15. The van der Waals surface area contributed by atoms with Gasteiger partial charge < -0.3 is 10.1 Å². The fourth-order valence-corrected chi connectivity index (χ4v) is 4.11. The molecule has 2 aromatic heterocycles. The third-order valence-electron chi connectivity index (χ3n) is 4.21. The van der Waals surface area contributed by atoms with Crippen molar-refractivity contribution in [2.45, 2.75) is 50.9 Å². The fourth-order valence-electron chi connectivity index (χ4n) is 3.23. The molecular weight excluding hydrogens is 395 g/mol. The molecule has 1 amide bonds. The second-order valence-corrected chi connectivity index (χ2v) is 7.69. The Morgan fingerprint density at radius 2 is 2.04 bits per heavy atom. The van der Waals surface area contributed by atoms with Crippen molar-refractivity contribution in [3.8, 4) is 0 Å². The van der Waals surface area contributed by atoms with Crippen LogP contribution in [0.4, 0.5) is 22.0 Å². The van der Waals surface area contributed by atoms with Gasteiger partial charge in [0.05, 0.1) is 12.3 Å². The molecule has 1 saturated heterocycles. The predicted octanol–water partition coefficient (Wildman–Crippen LogP) is 3.05. The number of carbonyl (C=O) groups is 1. The second-order valence-electron chi connectivity index (χ2n) is 6.64. The van der Waals surface area contributed by atoms with E-state index in [1.165, 1.54) is 7.11 Å². The van der Waals surface area contributed by atoms with Crippen LogP contribution in [0, 0.1) is 5.92 Å². The molecule has 3 heterocycles. The molecule has 0 aliphatic carbocycles.